The van der Waals surface area contributed by atoms with Gasteiger partial charge >= 0.3 is 11.7 Å². The Labute approximate surface area is 113 Å². The molecule has 8 nitrogen and oxygen atoms in total. The molecule has 0 bridgehead atoms. The highest BCUT2D eigenvalue weighted by atomic mass is 16.5. The van der Waals surface area contributed by atoms with Crippen LogP contribution >= 0.6 is 0 Å². The molecule has 1 amide bonds. The number of amides is 1. The van der Waals surface area contributed by atoms with Gasteiger partial charge in [-0.2, -0.15) is 0 Å². The summed E-state index contributed by atoms with van der Waals surface area (Å²) in [5.41, 5.74) is -1.65. The van der Waals surface area contributed by atoms with Crippen molar-refractivity contribution in [2.75, 3.05) is 13.7 Å². The number of carbonyl (C=O) groups is 2. The van der Waals surface area contributed by atoms with E-state index in [9.17, 15) is 19.2 Å². The zero-order valence-corrected chi connectivity index (χ0v) is 11.0. The van der Waals surface area contributed by atoms with Crippen molar-refractivity contribution in [2.45, 2.75) is 25.3 Å². The summed E-state index contributed by atoms with van der Waals surface area (Å²) < 4.78 is 4.68. The first-order chi connectivity index (χ1) is 9.54. The molecule has 1 aromatic rings. The van der Waals surface area contributed by atoms with E-state index in [0.717, 1.165) is 19.0 Å². The predicted molar refractivity (Wildman–Crippen MR) is 68.4 cm³/mol. The van der Waals surface area contributed by atoms with Gasteiger partial charge in [-0.05, 0) is 19.3 Å². The summed E-state index contributed by atoms with van der Waals surface area (Å²) in [7, 11) is 1.26. The maximum atomic E-state index is 12.3. The molecular formula is C12H15N3O5. The normalized spacial score (nSPS) is 18.6. The molecule has 1 fully saturated rings. The van der Waals surface area contributed by atoms with Crippen LogP contribution in [0.15, 0.2) is 15.8 Å². The van der Waals surface area contributed by atoms with E-state index in [1.165, 1.54) is 12.0 Å². The Bertz CT molecular complexity index is 632. The predicted octanol–water partition coefficient (Wildman–Crippen LogP) is -0.769. The molecule has 2 N–H and O–H groups in total. The van der Waals surface area contributed by atoms with E-state index in [2.05, 4.69) is 9.72 Å². The molecule has 0 spiro atoms. The smallest absolute Gasteiger partial charge is 0.328 e. The van der Waals surface area contributed by atoms with Gasteiger partial charge in [-0.3, -0.25) is 14.6 Å². The van der Waals surface area contributed by atoms with Crippen LogP contribution in [0.25, 0.3) is 0 Å². The Balaban J connectivity index is 2.32. The summed E-state index contributed by atoms with van der Waals surface area (Å²) in [6, 6.07) is -0.687. The van der Waals surface area contributed by atoms with Crippen LogP contribution < -0.4 is 11.2 Å². The molecule has 1 aliphatic rings. The quantitative estimate of drug-likeness (QED) is 0.691. The minimum atomic E-state index is -0.770. The topological polar surface area (TPSA) is 112 Å². The molecule has 0 aromatic carbocycles. The molecule has 20 heavy (non-hydrogen) atoms. The van der Waals surface area contributed by atoms with Crippen molar-refractivity contribution >= 4 is 11.9 Å². The van der Waals surface area contributed by atoms with E-state index in [1.54, 1.807) is 0 Å². The fraction of sp³-hybridized carbons (Fsp3) is 0.500. The highest BCUT2D eigenvalue weighted by Crippen LogP contribution is 2.19. The van der Waals surface area contributed by atoms with Gasteiger partial charge < -0.3 is 14.6 Å². The van der Waals surface area contributed by atoms with Crippen molar-refractivity contribution in [1.82, 2.24) is 14.9 Å². The Morgan fingerprint density at radius 3 is 2.75 bits per heavy atom. The number of hydrogen-bond acceptors (Lipinski definition) is 5. The second-order valence-corrected chi connectivity index (χ2v) is 4.52. The van der Waals surface area contributed by atoms with Crippen molar-refractivity contribution in [3.63, 3.8) is 0 Å². The number of carbonyl (C=O) groups excluding carboxylic acids is 2. The lowest BCUT2D eigenvalue weighted by molar-refractivity contribution is -0.147. The molecule has 2 heterocycles. The van der Waals surface area contributed by atoms with Gasteiger partial charge in [0.25, 0.3) is 11.5 Å². The standard InChI is InChI=1S/C12H15N3O5/c1-20-11(18)8-4-2-3-5-15(8)10(17)7-6-13-12(19)14-9(7)16/h6,8H,2-5H2,1H3,(H2,13,14,16,19). The molecule has 0 saturated carbocycles. The summed E-state index contributed by atoms with van der Waals surface area (Å²) in [5, 5.41) is 0. The van der Waals surface area contributed by atoms with Gasteiger partial charge in [-0.1, -0.05) is 0 Å². The highest BCUT2D eigenvalue weighted by molar-refractivity contribution is 5.96. The Hall–Kier alpha value is -2.38. The Morgan fingerprint density at radius 2 is 2.10 bits per heavy atom. The number of piperidine rings is 1. The average molecular weight is 281 g/mol. The lowest BCUT2D eigenvalue weighted by atomic mass is 10.0. The zero-order chi connectivity index (χ0) is 14.7. The first-order valence-electron chi connectivity index (χ1n) is 6.25. The number of ether oxygens (including phenoxy) is 1. The van der Waals surface area contributed by atoms with Crippen LogP contribution in [0.3, 0.4) is 0 Å². The van der Waals surface area contributed by atoms with Gasteiger partial charge in [0.1, 0.15) is 11.6 Å². The number of aromatic amines is 2. The third-order valence-corrected chi connectivity index (χ3v) is 3.29. The maximum Gasteiger partial charge on any atom is 0.328 e. The second-order valence-electron chi connectivity index (χ2n) is 4.52. The fourth-order valence-corrected chi connectivity index (χ4v) is 2.28. The van der Waals surface area contributed by atoms with Crippen LogP contribution in [0, 0.1) is 0 Å². The number of likely N-dealkylation sites (tertiary alicyclic amines) is 1. The third kappa shape index (κ3) is 2.63. The van der Waals surface area contributed by atoms with Gasteiger partial charge in [0.2, 0.25) is 0 Å². The summed E-state index contributed by atoms with van der Waals surface area (Å²) >= 11 is 0. The SMILES string of the molecule is COC(=O)C1CCCCN1C(=O)c1c[nH]c(=O)[nH]c1=O. The number of esters is 1. The van der Waals surface area contributed by atoms with Crippen molar-refractivity contribution in [2.24, 2.45) is 0 Å². The van der Waals surface area contributed by atoms with Gasteiger partial charge in [-0.15, -0.1) is 0 Å². The van der Waals surface area contributed by atoms with Crippen molar-refractivity contribution < 1.29 is 14.3 Å². The Morgan fingerprint density at radius 1 is 1.35 bits per heavy atom. The number of methoxy groups -OCH3 is 1. The molecule has 1 saturated heterocycles. The van der Waals surface area contributed by atoms with Crippen molar-refractivity contribution in [3.8, 4) is 0 Å². The van der Waals surface area contributed by atoms with E-state index in [4.69, 9.17) is 0 Å². The molecule has 1 unspecified atom stereocenters. The number of H-pyrrole nitrogens is 2. The molecule has 1 aromatic heterocycles. The van der Waals surface area contributed by atoms with Crippen LogP contribution in [-0.4, -0.2) is 46.4 Å². The number of aromatic nitrogens is 2. The zero-order valence-electron chi connectivity index (χ0n) is 11.0. The fourth-order valence-electron chi connectivity index (χ4n) is 2.28. The van der Waals surface area contributed by atoms with Gasteiger partial charge in [-0.25, -0.2) is 9.59 Å². The minimum Gasteiger partial charge on any atom is -0.467 e. The third-order valence-electron chi connectivity index (χ3n) is 3.29. The molecule has 0 radical (unpaired) electrons. The average Bonchev–Trinajstić information content (AvgIpc) is 2.46. The minimum absolute atomic E-state index is 0.194. The van der Waals surface area contributed by atoms with Gasteiger partial charge in [0.15, 0.2) is 0 Å². The second kappa shape index (κ2) is 5.72. The highest BCUT2D eigenvalue weighted by Gasteiger charge is 2.34. The summed E-state index contributed by atoms with van der Waals surface area (Å²) in [6.07, 6.45) is 3.12. The maximum absolute atomic E-state index is 12.3. The number of hydrogen-bond donors (Lipinski definition) is 2. The molecular weight excluding hydrogens is 266 g/mol. The first-order valence-corrected chi connectivity index (χ1v) is 6.25. The first kappa shape index (κ1) is 14.0. The lowest BCUT2D eigenvalue weighted by Gasteiger charge is -2.33. The molecule has 1 atom stereocenters. The van der Waals surface area contributed by atoms with E-state index >= 15 is 0 Å². The number of rotatable bonds is 2. The monoisotopic (exact) mass is 281 g/mol. The van der Waals surface area contributed by atoms with Crippen LogP contribution in [-0.2, 0) is 9.53 Å². The van der Waals surface area contributed by atoms with Crippen LogP contribution in [0.4, 0.5) is 0 Å². The van der Waals surface area contributed by atoms with Crippen LogP contribution in [0.5, 0.6) is 0 Å². The Kier molecular flexibility index (Phi) is 4.02. The van der Waals surface area contributed by atoms with Gasteiger partial charge in [0.05, 0.1) is 7.11 Å². The van der Waals surface area contributed by atoms with Crippen molar-refractivity contribution in [3.05, 3.63) is 32.6 Å². The molecule has 1 aliphatic heterocycles. The summed E-state index contributed by atoms with van der Waals surface area (Å²) in [5.74, 6) is -1.09. The largest absolute Gasteiger partial charge is 0.467 e. The van der Waals surface area contributed by atoms with E-state index in [-0.39, 0.29) is 5.56 Å². The van der Waals surface area contributed by atoms with Crippen molar-refractivity contribution in [1.29, 1.82) is 0 Å². The van der Waals surface area contributed by atoms with E-state index in [1.807, 2.05) is 4.98 Å². The molecule has 108 valence electrons. The lowest BCUT2D eigenvalue weighted by Crippen LogP contribution is -2.49. The van der Waals surface area contributed by atoms with Gasteiger partial charge in [0, 0.05) is 12.7 Å². The van der Waals surface area contributed by atoms with E-state index < -0.39 is 29.2 Å². The summed E-state index contributed by atoms with van der Waals surface area (Å²) in [6.45, 7) is 0.372. The molecule has 2 rings (SSSR count). The molecule has 0 aliphatic carbocycles. The number of nitrogens with one attached hydrogen (secondary N) is 2. The number of nitrogens with zero attached hydrogens (tertiary/aromatic N) is 1. The summed E-state index contributed by atoms with van der Waals surface area (Å²) in [4.78, 5) is 52.2. The molecule has 8 heteroatoms. The van der Waals surface area contributed by atoms with E-state index in [0.29, 0.717) is 13.0 Å². The van der Waals surface area contributed by atoms with Crippen LogP contribution in [0.2, 0.25) is 0 Å². The van der Waals surface area contributed by atoms with Crippen LogP contribution in [0.1, 0.15) is 29.6 Å².